The molecule has 2 aliphatic rings. The number of hydrogen-bond acceptors (Lipinski definition) is 1. The molecule has 0 unspecified atom stereocenters. The summed E-state index contributed by atoms with van der Waals surface area (Å²) in [6, 6.07) is -0.0626. The first-order valence-electron chi connectivity index (χ1n) is 9.91. The Morgan fingerprint density at radius 1 is 0.885 bits per heavy atom. The molecule has 2 aliphatic carbocycles. The smallest absolute Gasteiger partial charge is 0.314 e. The molecular weight excluding hydrogens is 320 g/mol. The third kappa shape index (κ3) is 10.5. The standard InChI is InChI=1S/C21H28N2O.C2H6.2H2/c24-21(22-17-9-15-19-11-5-1-2-6-12-19)23-18-10-16-20-13-7-3-4-8-14-20;1-2;;/h1-3,5,7-8,11-14H,4,6,9-10,15-18H2,(H2,22,23,24);1-2H3;2*1H. The predicted molar refractivity (Wildman–Crippen MR) is 117 cm³/mol. The summed E-state index contributed by atoms with van der Waals surface area (Å²) in [5, 5.41) is 5.86. The van der Waals surface area contributed by atoms with Crippen molar-refractivity contribution in [3.05, 3.63) is 71.9 Å². The molecule has 0 aromatic heterocycles. The SMILES string of the molecule is CC.O=C(NCCCC1=CC=CCC=C1)NCCCC1=CCC=CC=C1.[HH].[HH]. The molecule has 3 nitrogen and oxygen atoms in total. The van der Waals surface area contributed by atoms with Crippen LogP contribution in [-0.2, 0) is 0 Å². The number of nitrogens with one attached hydrogen (secondary N) is 2. The first kappa shape index (κ1) is 21.8. The third-order valence-corrected chi connectivity index (χ3v) is 3.98. The minimum atomic E-state index is -0.0626. The summed E-state index contributed by atoms with van der Waals surface area (Å²) >= 11 is 0. The second-order valence-corrected chi connectivity index (χ2v) is 6.00. The number of urea groups is 1. The molecule has 0 atom stereocenters. The van der Waals surface area contributed by atoms with Gasteiger partial charge in [0.05, 0.1) is 0 Å². The van der Waals surface area contributed by atoms with Crippen molar-refractivity contribution in [1.29, 1.82) is 0 Å². The molecule has 0 radical (unpaired) electrons. The molecule has 2 rings (SSSR count). The number of amides is 2. The Labute approximate surface area is 162 Å². The summed E-state index contributed by atoms with van der Waals surface area (Å²) in [6.07, 6.45) is 27.4. The van der Waals surface area contributed by atoms with E-state index in [0.717, 1.165) is 38.5 Å². The molecule has 0 aliphatic heterocycles. The quantitative estimate of drug-likeness (QED) is 0.495. The molecule has 0 aromatic carbocycles. The maximum atomic E-state index is 11.8. The average Bonchev–Trinajstić information content (AvgIpc) is 3.09. The van der Waals surface area contributed by atoms with E-state index in [4.69, 9.17) is 0 Å². The van der Waals surface area contributed by atoms with E-state index in [1.807, 2.05) is 13.8 Å². The molecule has 2 amide bonds. The highest BCUT2D eigenvalue weighted by molar-refractivity contribution is 5.73. The molecule has 0 spiro atoms. The van der Waals surface area contributed by atoms with Crippen molar-refractivity contribution in [2.24, 2.45) is 0 Å². The van der Waals surface area contributed by atoms with Gasteiger partial charge in [0, 0.05) is 15.9 Å². The van der Waals surface area contributed by atoms with Crippen LogP contribution in [0.15, 0.2) is 71.9 Å². The van der Waals surface area contributed by atoms with Crippen molar-refractivity contribution >= 4 is 6.03 Å². The zero-order chi connectivity index (χ0) is 18.9. The minimum absolute atomic E-state index is 0. The Kier molecular flexibility index (Phi) is 12.6. The summed E-state index contributed by atoms with van der Waals surface area (Å²) in [5.74, 6) is 0. The molecule has 0 saturated carbocycles. The lowest BCUT2D eigenvalue weighted by molar-refractivity contribution is 0.240. The second kappa shape index (κ2) is 15.0. The highest BCUT2D eigenvalue weighted by Crippen LogP contribution is 2.11. The summed E-state index contributed by atoms with van der Waals surface area (Å²) in [5.41, 5.74) is 2.67. The van der Waals surface area contributed by atoms with E-state index in [2.05, 4.69) is 71.4 Å². The van der Waals surface area contributed by atoms with E-state index in [1.165, 1.54) is 11.1 Å². The van der Waals surface area contributed by atoms with Crippen molar-refractivity contribution in [3.8, 4) is 0 Å². The van der Waals surface area contributed by atoms with Crippen molar-refractivity contribution in [1.82, 2.24) is 10.6 Å². The summed E-state index contributed by atoms with van der Waals surface area (Å²) < 4.78 is 0. The van der Waals surface area contributed by atoms with Gasteiger partial charge in [-0.05, 0) is 44.1 Å². The molecule has 146 valence electrons. The zero-order valence-electron chi connectivity index (χ0n) is 16.3. The van der Waals surface area contributed by atoms with Gasteiger partial charge in [0.15, 0.2) is 0 Å². The number of hydrogen-bond donors (Lipinski definition) is 2. The van der Waals surface area contributed by atoms with E-state index >= 15 is 0 Å². The molecule has 0 aromatic rings. The van der Waals surface area contributed by atoms with E-state index in [1.54, 1.807) is 0 Å². The monoisotopic (exact) mass is 358 g/mol. The number of carbonyl (C=O) groups is 1. The van der Waals surface area contributed by atoms with Crippen LogP contribution in [0.25, 0.3) is 0 Å². The fourth-order valence-corrected chi connectivity index (χ4v) is 2.65. The fourth-order valence-electron chi connectivity index (χ4n) is 2.65. The van der Waals surface area contributed by atoms with E-state index in [0.29, 0.717) is 13.1 Å². The van der Waals surface area contributed by atoms with Crippen LogP contribution < -0.4 is 10.6 Å². The maximum Gasteiger partial charge on any atom is 0.314 e. The normalized spacial score (nSPS) is 15.2. The maximum absolute atomic E-state index is 11.8. The van der Waals surface area contributed by atoms with Gasteiger partial charge in [0.1, 0.15) is 0 Å². The van der Waals surface area contributed by atoms with E-state index < -0.39 is 0 Å². The lowest BCUT2D eigenvalue weighted by Crippen LogP contribution is -2.36. The number of rotatable bonds is 8. The zero-order valence-corrected chi connectivity index (χ0v) is 16.3. The van der Waals surface area contributed by atoms with Gasteiger partial charge >= 0.3 is 6.03 Å². The number of carbonyl (C=O) groups excluding carboxylic acids is 1. The highest BCUT2D eigenvalue weighted by atomic mass is 16.2. The Bertz CT molecular complexity index is 587. The van der Waals surface area contributed by atoms with Gasteiger partial charge < -0.3 is 10.6 Å². The first-order chi connectivity index (χ1) is 12.8. The largest absolute Gasteiger partial charge is 0.338 e. The molecule has 2 N–H and O–H groups in total. The highest BCUT2D eigenvalue weighted by Gasteiger charge is 2.01. The van der Waals surface area contributed by atoms with Gasteiger partial charge in [-0.15, -0.1) is 0 Å². The van der Waals surface area contributed by atoms with Crippen LogP contribution in [0.4, 0.5) is 4.79 Å². The van der Waals surface area contributed by atoms with Crippen molar-refractivity contribution in [3.63, 3.8) is 0 Å². The van der Waals surface area contributed by atoms with Gasteiger partial charge in [-0.3, -0.25) is 0 Å². The van der Waals surface area contributed by atoms with Gasteiger partial charge in [0.25, 0.3) is 0 Å². The minimum Gasteiger partial charge on any atom is -0.338 e. The van der Waals surface area contributed by atoms with E-state index in [-0.39, 0.29) is 8.88 Å². The van der Waals surface area contributed by atoms with Gasteiger partial charge in [-0.1, -0.05) is 80.2 Å². The molecule has 0 saturated heterocycles. The second-order valence-electron chi connectivity index (χ2n) is 6.00. The lowest BCUT2D eigenvalue weighted by atomic mass is 10.1. The van der Waals surface area contributed by atoms with Crippen molar-refractivity contribution in [2.75, 3.05) is 13.1 Å². The Morgan fingerprint density at radius 3 is 2.35 bits per heavy atom. The van der Waals surface area contributed by atoms with Crippen LogP contribution in [0.2, 0.25) is 0 Å². The van der Waals surface area contributed by atoms with Gasteiger partial charge in [0.2, 0.25) is 0 Å². The van der Waals surface area contributed by atoms with Crippen molar-refractivity contribution in [2.45, 2.75) is 52.4 Å². The average molecular weight is 359 g/mol. The lowest BCUT2D eigenvalue weighted by Gasteiger charge is -2.08. The fraction of sp³-hybridized carbons (Fsp3) is 0.435. The summed E-state index contributed by atoms with van der Waals surface area (Å²) in [4.78, 5) is 11.8. The van der Waals surface area contributed by atoms with Crippen LogP contribution >= 0.6 is 0 Å². The topological polar surface area (TPSA) is 41.1 Å². The third-order valence-electron chi connectivity index (χ3n) is 3.98. The van der Waals surface area contributed by atoms with Crippen LogP contribution in [0.3, 0.4) is 0 Å². The summed E-state index contributed by atoms with van der Waals surface area (Å²) in [7, 11) is 0. The van der Waals surface area contributed by atoms with Crippen LogP contribution in [0.1, 0.15) is 55.2 Å². The van der Waals surface area contributed by atoms with Crippen molar-refractivity contribution < 1.29 is 7.65 Å². The van der Waals surface area contributed by atoms with Gasteiger partial charge in [-0.2, -0.15) is 0 Å². The summed E-state index contributed by atoms with van der Waals surface area (Å²) in [6.45, 7) is 5.42. The molecule has 26 heavy (non-hydrogen) atoms. The molecule has 0 fully saturated rings. The Hall–Kier alpha value is -2.29. The molecular formula is C23H38N2O. The predicted octanol–water partition coefficient (Wildman–Crippen LogP) is 6.25. The molecule has 0 bridgehead atoms. The molecule has 3 heteroatoms. The first-order valence-corrected chi connectivity index (χ1v) is 9.91. The molecule has 0 heterocycles. The Morgan fingerprint density at radius 2 is 1.58 bits per heavy atom. The van der Waals surface area contributed by atoms with Crippen LogP contribution in [-0.4, -0.2) is 19.1 Å². The van der Waals surface area contributed by atoms with E-state index in [9.17, 15) is 4.79 Å². The Balaban J connectivity index is 0. The van der Waals surface area contributed by atoms with Gasteiger partial charge in [-0.25, -0.2) is 4.79 Å². The van der Waals surface area contributed by atoms with Crippen LogP contribution in [0, 0.1) is 0 Å². The number of allylic oxidation sites excluding steroid dienone is 12. The van der Waals surface area contributed by atoms with Crippen LogP contribution in [0.5, 0.6) is 0 Å².